The van der Waals surface area contributed by atoms with Crippen LogP contribution in [0.1, 0.15) is 60.8 Å². The standard InChI is InChI=1S/C16H33NO2/c1-12-7-14(9-16(5,6)8-12)19-11-13(18)10-17-15(2,3)4/h12-14,17-18H,7-11H2,1-6H3/t12-,13+,14+/m0/s1. The molecule has 0 saturated heterocycles. The van der Waals surface area contributed by atoms with E-state index in [2.05, 4.69) is 46.9 Å². The first kappa shape index (κ1) is 16.9. The first-order chi connectivity index (χ1) is 8.57. The van der Waals surface area contributed by atoms with Gasteiger partial charge < -0.3 is 15.2 Å². The molecule has 3 atom stereocenters. The van der Waals surface area contributed by atoms with E-state index in [1.165, 1.54) is 6.42 Å². The summed E-state index contributed by atoms with van der Waals surface area (Å²) in [6, 6.07) is 0. The summed E-state index contributed by atoms with van der Waals surface area (Å²) in [5, 5.41) is 13.3. The Hall–Kier alpha value is -0.120. The molecule has 0 aliphatic heterocycles. The van der Waals surface area contributed by atoms with Crippen molar-refractivity contribution < 1.29 is 9.84 Å². The molecule has 1 aliphatic rings. The number of rotatable bonds is 5. The average molecular weight is 271 g/mol. The minimum absolute atomic E-state index is 0.0440. The van der Waals surface area contributed by atoms with E-state index in [1.54, 1.807) is 0 Å². The summed E-state index contributed by atoms with van der Waals surface area (Å²) in [6.07, 6.45) is 3.41. The molecular formula is C16H33NO2. The third-order valence-corrected chi connectivity index (χ3v) is 3.74. The van der Waals surface area contributed by atoms with Crippen molar-refractivity contribution in [2.24, 2.45) is 11.3 Å². The molecule has 3 nitrogen and oxygen atoms in total. The van der Waals surface area contributed by atoms with Crippen LogP contribution >= 0.6 is 0 Å². The Morgan fingerprint density at radius 1 is 1.32 bits per heavy atom. The summed E-state index contributed by atoms with van der Waals surface area (Å²) < 4.78 is 5.93. The van der Waals surface area contributed by atoms with Gasteiger partial charge in [-0.2, -0.15) is 0 Å². The maximum Gasteiger partial charge on any atom is 0.0898 e. The van der Waals surface area contributed by atoms with Crippen LogP contribution < -0.4 is 5.32 Å². The predicted molar refractivity (Wildman–Crippen MR) is 80.3 cm³/mol. The molecule has 0 bridgehead atoms. The van der Waals surface area contributed by atoms with Crippen molar-refractivity contribution in [1.29, 1.82) is 0 Å². The van der Waals surface area contributed by atoms with E-state index in [9.17, 15) is 5.11 Å². The highest BCUT2D eigenvalue weighted by Gasteiger charge is 2.32. The summed E-state index contributed by atoms with van der Waals surface area (Å²) >= 11 is 0. The second kappa shape index (κ2) is 6.55. The molecule has 1 fully saturated rings. The van der Waals surface area contributed by atoms with Gasteiger partial charge in [-0.05, 0) is 51.4 Å². The number of ether oxygens (including phenoxy) is 1. The van der Waals surface area contributed by atoms with E-state index in [0.717, 1.165) is 18.8 Å². The third-order valence-electron chi connectivity index (χ3n) is 3.74. The number of nitrogens with one attached hydrogen (secondary N) is 1. The van der Waals surface area contributed by atoms with E-state index in [-0.39, 0.29) is 5.54 Å². The lowest BCUT2D eigenvalue weighted by Gasteiger charge is -2.39. The topological polar surface area (TPSA) is 41.5 Å². The van der Waals surface area contributed by atoms with Gasteiger partial charge in [0.2, 0.25) is 0 Å². The van der Waals surface area contributed by atoms with E-state index >= 15 is 0 Å². The summed E-state index contributed by atoms with van der Waals surface area (Å²) in [6.45, 7) is 14.3. The smallest absolute Gasteiger partial charge is 0.0898 e. The van der Waals surface area contributed by atoms with Gasteiger partial charge in [-0.25, -0.2) is 0 Å². The van der Waals surface area contributed by atoms with Crippen LogP contribution in [0.25, 0.3) is 0 Å². The number of hydrogen-bond acceptors (Lipinski definition) is 3. The molecule has 0 heterocycles. The van der Waals surface area contributed by atoms with Crippen LogP contribution in [-0.2, 0) is 4.74 Å². The third kappa shape index (κ3) is 7.28. The van der Waals surface area contributed by atoms with Gasteiger partial charge in [0.1, 0.15) is 0 Å². The van der Waals surface area contributed by atoms with Gasteiger partial charge >= 0.3 is 0 Å². The SMILES string of the molecule is C[C@H]1C[C@@H](OC[C@H](O)CNC(C)(C)C)CC(C)(C)C1. The number of aliphatic hydroxyl groups excluding tert-OH is 1. The Bertz CT molecular complexity index is 270. The molecule has 1 aliphatic carbocycles. The van der Waals surface area contributed by atoms with Crippen molar-refractivity contribution >= 4 is 0 Å². The zero-order valence-electron chi connectivity index (χ0n) is 13.6. The van der Waals surface area contributed by atoms with Gasteiger partial charge in [0.05, 0.1) is 18.8 Å². The van der Waals surface area contributed by atoms with Gasteiger partial charge in [0.15, 0.2) is 0 Å². The first-order valence-electron chi connectivity index (χ1n) is 7.62. The zero-order valence-corrected chi connectivity index (χ0v) is 13.6. The molecule has 3 heteroatoms. The van der Waals surface area contributed by atoms with Crippen molar-refractivity contribution in [3.63, 3.8) is 0 Å². The lowest BCUT2D eigenvalue weighted by Crippen LogP contribution is -2.43. The Kier molecular flexibility index (Phi) is 5.84. The van der Waals surface area contributed by atoms with E-state index in [1.807, 2.05) is 0 Å². The van der Waals surface area contributed by atoms with Gasteiger partial charge in [0, 0.05) is 12.1 Å². The van der Waals surface area contributed by atoms with Crippen LogP contribution in [0.5, 0.6) is 0 Å². The van der Waals surface area contributed by atoms with Crippen molar-refractivity contribution in [2.45, 2.75) is 78.6 Å². The van der Waals surface area contributed by atoms with Crippen molar-refractivity contribution in [3.05, 3.63) is 0 Å². The van der Waals surface area contributed by atoms with E-state index in [0.29, 0.717) is 24.7 Å². The fourth-order valence-corrected chi connectivity index (χ4v) is 3.12. The van der Waals surface area contributed by atoms with Crippen molar-refractivity contribution in [3.8, 4) is 0 Å². The number of hydrogen-bond donors (Lipinski definition) is 2. The van der Waals surface area contributed by atoms with E-state index in [4.69, 9.17) is 4.74 Å². The molecule has 0 aromatic rings. The Labute approximate surface area is 119 Å². The fraction of sp³-hybridized carbons (Fsp3) is 1.00. The highest BCUT2D eigenvalue weighted by Crippen LogP contribution is 2.39. The van der Waals surface area contributed by atoms with Gasteiger partial charge in [-0.15, -0.1) is 0 Å². The molecule has 0 radical (unpaired) electrons. The highest BCUT2D eigenvalue weighted by atomic mass is 16.5. The molecule has 1 rings (SSSR count). The average Bonchev–Trinajstić information content (AvgIpc) is 2.19. The molecule has 0 aromatic carbocycles. The normalized spacial score (nSPS) is 29.2. The minimum Gasteiger partial charge on any atom is -0.389 e. The lowest BCUT2D eigenvalue weighted by molar-refractivity contribution is -0.0558. The second-order valence-corrected chi connectivity index (χ2v) is 8.15. The minimum atomic E-state index is -0.417. The van der Waals surface area contributed by atoms with Crippen molar-refractivity contribution in [2.75, 3.05) is 13.2 Å². The Morgan fingerprint density at radius 3 is 2.47 bits per heavy atom. The number of aliphatic hydroxyl groups is 1. The zero-order chi connectivity index (χ0) is 14.7. The van der Waals surface area contributed by atoms with Crippen LogP contribution in [-0.4, -0.2) is 36.0 Å². The van der Waals surface area contributed by atoms with E-state index < -0.39 is 6.10 Å². The van der Waals surface area contributed by atoms with Crippen molar-refractivity contribution in [1.82, 2.24) is 5.32 Å². The molecule has 1 saturated carbocycles. The molecule has 2 N–H and O–H groups in total. The lowest BCUT2D eigenvalue weighted by atomic mass is 9.71. The molecule has 0 aromatic heterocycles. The Balaban J connectivity index is 2.28. The summed E-state index contributed by atoms with van der Waals surface area (Å²) in [5.74, 6) is 0.721. The molecular weight excluding hydrogens is 238 g/mol. The molecule has 0 spiro atoms. The fourth-order valence-electron chi connectivity index (χ4n) is 3.12. The first-order valence-corrected chi connectivity index (χ1v) is 7.62. The van der Waals surface area contributed by atoms with Gasteiger partial charge in [0.25, 0.3) is 0 Å². The second-order valence-electron chi connectivity index (χ2n) is 8.15. The molecule has 0 amide bonds. The van der Waals surface area contributed by atoms with Gasteiger partial charge in [-0.3, -0.25) is 0 Å². The molecule has 19 heavy (non-hydrogen) atoms. The predicted octanol–water partition coefficient (Wildman–Crippen LogP) is 2.97. The van der Waals surface area contributed by atoms with Crippen LogP contribution in [0, 0.1) is 11.3 Å². The highest BCUT2D eigenvalue weighted by molar-refractivity contribution is 4.83. The summed E-state index contributed by atoms with van der Waals surface area (Å²) in [7, 11) is 0. The summed E-state index contributed by atoms with van der Waals surface area (Å²) in [4.78, 5) is 0. The Morgan fingerprint density at radius 2 is 1.95 bits per heavy atom. The van der Waals surface area contributed by atoms with Crippen LogP contribution in [0.3, 0.4) is 0 Å². The van der Waals surface area contributed by atoms with Gasteiger partial charge in [-0.1, -0.05) is 20.8 Å². The molecule has 0 unspecified atom stereocenters. The number of β-amino-alcohol motifs (C(OH)–C–C–N with tert-alkyl or cyclic N) is 1. The maximum atomic E-state index is 9.95. The van der Waals surface area contributed by atoms with Crippen LogP contribution in [0.4, 0.5) is 0 Å². The largest absolute Gasteiger partial charge is 0.389 e. The maximum absolute atomic E-state index is 9.95. The van der Waals surface area contributed by atoms with Crippen LogP contribution in [0.15, 0.2) is 0 Å². The molecule has 114 valence electrons. The van der Waals surface area contributed by atoms with Crippen LogP contribution in [0.2, 0.25) is 0 Å². The monoisotopic (exact) mass is 271 g/mol. The summed E-state index contributed by atoms with van der Waals surface area (Å²) in [5.41, 5.74) is 0.416. The quantitative estimate of drug-likeness (QED) is 0.808.